The average molecular weight is 263 g/mol. The SMILES string of the molecule is CC(O)c1ccc(NCC2CCCCC2CO)cc1. The third kappa shape index (κ3) is 3.95. The highest BCUT2D eigenvalue weighted by Crippen LogP contribution is 2.30. The number of aliphatic hydroxyl groups excluding tert-OH is 2. The Kier molecular flexibility index (Phi) is 5.23. The standard InChI is InChI=1S/C16H25NO2/c1-12(19)13-6-8-16(9-7-13)17-10-14-4-2-3-5-15(14)11-18/h6-9,12,14-15,17-19H,2-5,10-11H2,1H3. The van der Waals surface area contributed by atoms with Crippen LogP contribution in [0.1, 0.15) is 44.3 Å². The molecule has 2 rings (SSSR count). The van der Waals surface area contributed by atoms with Crippen LogP contribution in [0.15, 0.2) is 24.3 Å². The second-order valence-electron chi connectivity index (χ2n) is 5.67. The van der Waals surface area contributed by atoms with Crippen LogP contribution in [0.4, 0.5) is 5.69 Å². The molecule has 106 valence electrons. The van der Waals surface area contributed by atoms with E-state index in [0.29, 0.717) is 18.4 Å². The first-order valence-electron chi connectivity index (χ1n) is 7.33. The van der Waals surface area contributed by atoms with Crippen molar-refractivity contribution in [3.8, 4) is 0 Å². The quantitative estimate of drug-likeness (QED) is 0.765. The van der Waals surface area contributed by atoms with Crippen molar-refractivity contribution in [3.63, 3.8) is 0 Å². The van der Waals surface area contributed by atoms with Gasteiger partial charge < -0.3 is 15.5 Å². The van der Waals surface area contributed by atoms with E-state index in [1.54, 1.807) is 6.92 Å². The number of hydrogen-bond donors (Lipinski definition) is 3. The topological polar surface area (TPSA) is 52.5 Å². The molecule has 3 N–H and O–H groups in total. The first-order valence-corrected chi connectivity index (χ1v) is 7.33. The van der Waals surface area contributed by atoms with Crippen LogP contribution in [0.25, 0.3) is 0 Å². The van der Waals surface area contributed by atoms with Crippen LogP contribution in [-0.4, -0.2) is 23.4 Å². The van der Waals surface area contributed by atoms with Crippen molar-refractivity contribution in [2.45, 2.75) is 38.7 Å². The maximum Gasteiger partial charge on any atom is 0.0761 e. The minimum Gasteiger partial charge on any atom is -0.396 e. The fourth-order valence-corrected chi connectivity index (χ4v) is 2.92. The van der Waals surface area contributed by atoms with Gasteiger partial charge in [-0.15, -0.1) is 0 Å². The van der Waals surface area contributed by atoms with Crippen molar-refractivity contribution >= 4 is 5.69 Å². The van der Waals surface area contributed by atoms with Crippen molar-refractivity contribution in [1.82, 2.24) is 0 Å². The lowest BCUT2D eigenvalue weighted by molar-refractivity contribution is 0.141. The smallest absolute Gasteiger partial charge is 0.0761 e. The lowest BCUT2D eigenvalue weighted by Crippen LogP contribution is -2.28. The Labute approximate surface area is 115 Å². The maximum absolute atomic E-state index is 9.47. The number of nitrogens with one attached hydrogen (secondary N) is 1. The summed E-state index contributed by atoms with van der Waals surface area (Å²) in [5.74, 6) is 1.04. The summed E-state index contributed by atoms with van der Waals surface area (Å²) in [5.41, 5.74) is 2.03. The fourth-order valence-electron chi connectivity index (χ4n) is 2.92. The Hall–Kier alpha value is -1.06. The maximum atomic E-state index is 9.47. The van der Waals surface area contributed by atoms with Crippen LogP contribution in [-0.2, 0) is 0 Å². The molecule has 0 amide bonds. The molecule has 0 saturated heterocycles. The van der Waals surface area contributed by atoms with E-state index >= 15 is 0 Å². The van der Waals surface area contributed by atoms with Crippen molar-refractivity contribution in [1.29, 1.82) is 0 Å². The molecule has 0 spiro atoms. The molecule has 0 aliphatic heterocycles. The van der Waals surface area contributed by atoms with Crippen molar-refractivity contribution in [2.75, 3.05) is 18.5 Å². The molecule has 19 heavy (non-hydrogen) atoms. The predicted octanol–water partition coefficient (Wildman–Crippen LogP) is 2.95. The van der Waals surface area contributed by atoms with Gasteiger partial charge in [0.25, 0.3) is 0 Å². The Bertz CT molecular complexity index is 375. The molecule has 3 unspecified atom stereocenters. The molecule has 0 aromatic heterocycles. The van der Waals surface area contributed by atoms with Crippen LogP contribution in [0, 0.1) is 11.8 Å². The van der Waals surface area contributed by atoms with Gasteiger partial charge in [0, 0.05) is 18.8 Å². The highest BCUT2D eigenvalue weighted by molar-refractivity contribution is 5.44. The highest BCUT2D eigenvalue weighted by Gasteiger charge is 2.23. The molecular formula is C16H25NO2. The molecule has 3 heteroatoms. The van der Waals surface area contributed by atoms with Gasteiger partial charge >= 0.3 is 0 Å². The van der Waals surface area contributed by atoms with E-state index < -0.39 is 6.10 Å². The van der Waals surface area contributed by atoms with Crippen LogP contribution < -0.4 is 5.32 Å². The number of rotatable bonds is 5. The molecule has 1 aliphatic rings. The van der Waals surface area contributed by atoms with Gasteiger partial charge in [0.15, 0.2) is 0 Å². The van der Waals surface area contributed by atoms with Gasteiger partial charge in [-0.2, -0.15) is 0 Å². The zero-order valence-electron chi connectivity index (χ0n) is 11.7. The Morgan fingerprint density at radius 1 is 1.16 bits per heavy atom. The Morgan fingerprint density at radius 3 is 2.37 bits per heavy atom. The normalized spacial score (nSPS) is 25.0. The molecule has 0 heterocycles. The summed E-state index contributed by atoms with van der Waals surface area (Å²) in [5, 5.41) is 22.3. The zero-order valence-corrected chi connectivity index (χ0v) is 11.7. The summed E-state index contributed by atoms with van der Waals surface area (Å²) in [4.78, 5) is 0. The number of anilines is 1. The lowest BCUT2D eigenvalue weighted by Gasteiger charge is -2.30. The summed E-state index contributed by atoms with van der Waals surface area (Å²) in [6.45, 7) is 3.02. The van der Waals surface area contributed by atoms with Gasteiger partial charge in [-0.3, -0.25) is 0 Å². The third-order valence-electron chi connectivity index (χ3n) is 4.26. The van der Waals surface area contributed by atoms with Crippen LogP contribution in [0.5, 0.6) is 0 Å². The van der Waals surface area contributed by atoms with E-state index in [2.05, 4.69) is 5.32 Å². The number of aliphatic hydroxyl groups is 2. The van der Waals surface area contributed by atoms with Gasteiger partial charge in [-0.25, -0.2) is 0 Å². The van der Waals surface area contributed by atoms with Gasteiger partial charge in [-0.1, -0.05) is 25.0 Å². The summed E-state index contributed by atoms with van der Waals surface area (Å²) < 4.78 is 0. The Balaban J connectivity index is 1.87. The molecule has 1 saturated carbocycles. The molecule has 0 radical (unpaired) electrons. The first kappa shape index (κ1) is 14.4. The molecule has 1 aromatic carbocycles. The zero-order chi connectivity index (χ0) is 13.7. The van der Waals surface area contributed by atoms with Gasteiger partial charge in [0.05, 0.1) is 6.10 Å². The molecule has 1 aliphatic carbocycles. The van der Waals surface area contributed by atoms with Crippen LogP contribution in [0.3, 0.4) is 0 Å². The number of benzene rings is 1. The van der Waals surface area contributed by atoms with Crippen LogP contribution >= 0.6 is 0 Å². The number of hydrogen-bond acceptors (Lipinski definition) is 3. The Morgan fingerprint density at radius 2 is 1.79 bits per heavy atom. The summed E-state index contributed by atoms with van der Waals surface area (Å²) in [6.07, 6.45) is 4.49. The molecular weight excluding hydrogens is 238 g/mol. The summed E-state index contributed by atoms with van der Waals surface area (Å²) in [7, 11) is 0. The second-order valence-corrected chi connectivity index (χ2v) is 5.67. The third-order valence-corrected chi connectivity index (χ3v) is 4.26. The monoisotopic (exact) mass is 263 g/mol. The fraction of sp³-hybridized carbons (Fsp3) is 0.625. The highest BCUT2D eigenvalue weighted by atomic mass is 16.3. The van der Waals surface area contributed by atoms with Crippen molar-refractivity contribution in [3.05, 3.63) is 29.8 Å². The van der Waals surface area contributed by atoms with E-state index in [1.165, 1.54) is 19.3 Å². The summed E-state index contributed by atoms with van der Waals surface area (Å²) >= 11 is 0. The van der Waals surface area contributed by atoms with E-state index in [4.69, 9.17) is 0 Å². The van der Waals surface area contributed by atoms with Gasteiger partial charge in [0.2, 0.25) is 0 Å². The van der Waals surface area contributed by atoms with Gasteiger partial charge in [0.1, 0.15) is 0 Å². The van der Waals surface area contributed by atoms with E-state index in [0.717, 1.165) is 24.2 Å². The first-order chi connectivity index (χ1) is 9.20. The lowest BCUT2D eigenvalue weighted by atomic mass is 9.79. The molecule has 3 atom stereocenters. The minimum absolute atomic E-state index is 0.313. The molecule has 1 fully saturated rings. The van der Waals surface area contributed by atoms with Crippen molar-refractivity contribution < 1.29 is 10.2 Å². The molecule has 3 nitrogen and oxygen atoms in total. The van der Waals surface area contributed by atoms with Gasteiger partial charge in [-0.05, 0) is 49.3 Å². The minimum atomic E-state index is -0.411. The summed E-state index contributed by atoms with van der Waals surface area (Å²) in [6, 6.07) is 7.94. The van der Waals surface area contributed by atoms with Crippen LogP contribution in [0.2, 0.25) is 0 Å². The average Bonchev–Trinajstić information content (AvgIpc) is 2.45. The van der Waals surface area contributed by atoms with E-state index in [1.807, 2.05) is 24.3 Å². The molecule has 0 bridgehead atoms. The second kappa shape index (κ2) is 6.92. The van der Waals surface area contributed by atoms with E-state index in [-0.39, 0.29) is 0 Å². The molecule has 1 aromatic rings. The largest absolute Gasteiger partial charge is 0.396 e. The predicted molar refractivity (Wildman–Crippen MR) is 78.1 cm³/mol. The van der Waals surface area contributed by atoms with Crippen molar-refractivity contribution in [2.24, 2.45) is 11.8 Å². The van der Waals surface area contributed by atoms with E-state index in [9.17, 15) is 10.2 Å².